The summed E-state index contributed by atoms with van der Waals surface area (Å²) < 4.78 is 5.28. The van der Waals surface area contributed by atoms with Crippen LogP contribution in [-0.2, 0) is 6.54 Å². The van der Waals surface area contributed by atoms with Crippen molar-refractivity contribution in [2.75, 3.05) is 12.4 Å². The van der Waals surface area contributed by atoms with Gasteiger partial charge in [-0.25, -0.2) is 0 Å². The van der Waals surface area contributed by atoms with E-state index in [1.165, 1.54) is 10.4 Å². The molecule has 2 rings (SSSR count). The van der Waals surface area contributed by atoms with Gasteiger partial charge in [0.15, 0.2) is 0 Å². The van der Waals surface area contributed by atoms with Crippen molar-refractivity contribution in [3.05, 3.63) is 45.6 Å². The fourth-order valence-electron chi connectivity index (χ4n) is 1.73. The highest BCUT2D eigenvalue weighted by atomic mass is 32.1. The standard InChI is InChI=1S/C14H14N2OS/c1-10-6-7-18-13(10)9-16-14-11(8-15)4-3-5-12(14)17-2/h3-7,16H,9H2,1-2H3. The van der Waals surface area contributed by atoms with Crippen LogP contribution in [0.3, 0.4) is 0 Å². The summed E-state index contributed by atoms with van der Waals surface area (Å²) in [7, 11) is 1.61. The van der Waals surface area contributed by atoms with Crippen LogP contribution in [0, 0.1) is 18.3 Å². The highest BCUT2D eigenvalue weighted by molar-refractivity contribution is 7.10. The van der Waals surface area contributed by atoms with Crippen LogP contribution in [0.15, 0.2) is 29.6 Å². The maximum Gasteiger partial charge on any atom is 0.143 e. The monoisotopic (exact) mass is 258 g/mol. The van der Waals surface area contributed by atoms with Crippen molar-refractivity contribution in [2.45, 2.75) is 13.5 Å². The van der Waals surface area contributed by atoms with E-state index in [2.05, 4.69) is 29.8 Å². The van der Waals surface area contributed by atoms with Crippen LogP contribution in [0.1, 0.15) is 16.0 Å². The van der Waals surface area contributed by atoms with E-state index in [0.717, 1.165) is 5.69 Å². The van der Waals surface area contributed by atoms with Gasteiger partial charge in [-0.15, -0.1) is 11.3 Å². The molecule has 0 aliphatic rings. The molecule has 0 fully saturated rings. The summed E-state index contributed by atoms with van der Waals surface area (Å²) in [6, 6.07) is 9.72. The smallest absolute Gasteiger partial charge is 0.143 e. The molecule has 0 aliphatic carbocycles. The Morgan fingerprint density at radius 1 is 1.39 bits per heavy atom. The van der Waals surface area contributed by atoms with Gasteiger partial charge in [-0.3, -0.25) is 0 Å². The molecule has 0 atom stereocenters. The largest absolute Gasteiger partial charge is 0.495 e. The van der Waals surface area contributed by atoms with Crippen molar-refractivity contribution in [1.29, 1.82) is 5.26 Å². The minimum absolute atomic E-state index is 0.601. The minimum Gasteiger partial charge on any atom is -0.495 e. The summed E-state index contributed by atoms with van der Waals surface area (Å²) in [5.74, 6) is 0.697. The van der Waals surface area contributed by atoms with Gasteiger partial charge in [0.1, 0.15) is 11.8 Å². The van der Waals surface area contributed by atoms with E-state index in [-0.39, 0.29) is 0 Å². The molecule has 0 aliphatic heterocycles. The van der Waals surface area contributed by atoms with Crippen LogP contribution in [0.5, 0.6) is 5.75 Å². The predicted molar refractivity (Wildman–Crippen MR) is 74.1 cm³/mol. The Kier molecular flexibility index (Phi) is 3.85. The zero-order valence-electron chi connectivity index (χ0n) is 10.4. The molecular formula is C14H14N2OS. The van der Waals surface area contributed by atoms with Crippen LogP contribution >= 0.6 is 11.3 Å². The molecular weight excluding hydrogens is 244 g/mol. The Balaban J connectivity index is 2.23. The van der Waals surface area contributed by atoms with Crippen LogP contribution in [0.2, 0.25) is 0 Å². The quantitative estimate of drug-likeness (QED) is 0.912. The first-order valence-corrected chi connectivity index (χ1v) is 6.48. The summed E-state index contributed by atoms with van der Waals surface area (Å²) in [6.45, 7) is 2.79. The second-order valence-electron chi connectivity index (χ2n) is 3.87. The van der Waals surface area contributed by atoms with Crippen LogP contribution in [-0.4, -0.2) is 7.11 Å². The van der Waals surface area contributed by atoms with Gasteiger partial charge in [0, 0.05) is 11.4 Å². The lowest BCUT2D eigenvalue weighted by molar-refractivity contribution is 0.416. The molecule has 4 heteroatoms. The average Bonchev–Trinajstić information content (AvgIpc) is 2.81. The normalized spacial score (nSPS) is 9.83. The van der Waals surface area contributed by atoms with Gasteiger partial charge in [0.2, 0.25) is 0 Å². The number of anilines is 1. The van der Waals surface area contributed by atoms with Gasteiger partial charge in [-0.2, -0.15) is 5.26 Å². The first kappa shape index (κ1) is 12.5. The van der Waals surface area contributed by atoms with Crippen molar-refractivity contribution >= 4 is 17.0 Å². The lowest BCUT2D eigenvalue weighted by atomic mass is 10.1. The van der Waals surface area contributed by atoms with Crippen LogP contribution in [0.25, 0.3) is 0 Å². The molecule has 1 heterocycles. The molecule has 0 bridgehead atoms. The molecule has 0 saturated heterocycles. The molecule has 2 aromatic rings. The first-order chi connectivity index (χ1) is 8.76. The maximum atomic E-state index is 9.11. The van der Waals surface area contributed by atoms with E-state index >= 15 is 0 Å². The number of hydrogen-bond acceptors (Lipinski definition) is 4. The second-order valence-corrected chi connectivity index (χ2v) is 4.88. The average molecular weight is 258 g/mol. The highest BCUT2D eigenvalue weighted by Gasteiger charge is 2.09. The summed E-state index contributed by atoms with van der Waals surface area (Å²) in [5, 5.41) is 14.5. The van der Waals surface area contributed by atoms with Crippen molar-refractivity contribution in [3.8, 4) is 11.8 Å². The predicted octanol–water partition coefficient (Wildman–Crippen LogP) is 3.55. The number of methoxy groups -OCH3 is 1. The zero-order chi connectivity index (χ0) is 13.0. The van der Waals surface area contributed by atoms with Gasteiger partial charge >= 0.3 is 0 Å². The summed E-state index contributed by atoms with van der Waals surface area (Å²) in [4.78, 5) is 1.27. The number of nitrogens with zero attached hydrogens (tertiary/aromatic N) is 1. The third-order valence-corrected chi connectivity index (χ3v) is 3.78. The van der Waals surface area contributed by atoms with Gasteiger partial charge in [0.05, 0.1) is 18.4 Å². The molecule has 0 unspecified atom stereocenters. The van der Waals surface area contributed by atoms with Crippen molar-refractivity contribution in [3.63, 3.8) is 0 Å². The fourth-order valence-corrected chi connectivity index (χ4v) is 2.58. The Morgan fingerprint density at radius 3 is 2.83 bits per heavy atom. The lowest BCUT2D eigenvalue weighted by Gasteiger charge is -2.12. The number of benzene rings is 1. The SMILES string of the molecule is COc1cccc(C#N)c1NCc1sccc1C. The van der Waals surface area contributed by atoms with Crippen molar-refractivity contribution in [2.24, 2.45) is 0 Å². The molecule has 0 saturated carbocycles. The molecule has 0 amide bonds. The number of nitriles is 1. The zero-order valence-corrected chi connectivity index (χ0v) is 11.2. The number of thiophene rings is 1. The van der Waals surface area contributed by atoms with E-state index < -0.39 is 0 Å². The third kappa shape index (κ3) is 2.47. The van der Waals surface area contributed by atoms with Gasteiger partial charge < -0.3 is 10.1 Å². The molecule has 1 N–H and O–H groups in total. The molecule has 1 aromatic heterocycles. The van der Waals surface area contributed by atoms with Gasteiger partial charge in [-0.1, -0.05) is 6.07 Å². The Hall–Kier alpha value is -1.99. The number of ether oxygens (including phenoxy) is 1. The van der Waals surface area contributed by atoms with E-state index in [4.69, 9.17) is 10.00 Å². The van der Waals surface area contributed by atoms with Gasteiger partial charge in [-0.05, 0) is 36.1 Å². The topological polar surface area (TPSA) is 45.0 Å². The Morgan fingerprint density at radius 2 is 2.22 bits per heavy atom. The molecule has 3 nitrogen and oxygen atoms in total. The number of hydrogen-bond donors (Lipinski definition) is 1. The number of nitrogens with one attached hydrogen (secondary N) is 1. The molecule has 92 valence electrons. The molecule has 0 radical (unpaired) electrons. The van der Waals surface area contributed by atoms with E-state index in [1.807, 2.05) is 12.1 Å². The summed E-state index contributed by atoms with van der Waals surface area (Å²) in [6.07, 6.45) is 0. The third-order valence-electron chi connectivity index (χ3n) is 2.76. The summed E-state index contributed by atoms with van der Waals surface area (Å²) >= 11 is 1.71. The Labute approximate surface area is 111 Å². The number of para-hydroxylation sites is 1. The first-order valence-electron chi connectivity index (χ1n) is 5.60. The lowest BCUT2D eigenvalue weighted by Crippen LogP contribution is -2.03. The van der Waals surface area contributed by atoms with Crippen LogP contribution in [0.4, 0.5) is 5.69 Å². The minimum atomic E-state index is 0.601. The maximum absolute atomic E-state index is 9.11. The van der Waals surface area contributed by atoms with Crippen molar-refractivity contribution in [1.82, 2.24) is 0 Å². The van der Waals surface area contributed by atoms with Gasteiger partial charge in [0.25, 0.3) is 0 Å². The van der Waals surface area contributed by atoms with Crippen LogP contribution < -0.4 is 10.1 Å². The van der Waals surface area contributed by atoms with E-state index in [0.29, 0.717) is 17.9 Å². The van der Waals surface area contributed by atoms with E-state index in [9.17, 15) is 0 Å². The van der Waals surface area contributed by atoms with E-state index in [1.54, 1.807) is 24.5 Å². The molecule has 1 aromatic carbocycles. The molecule has 0 spiro atoms. The fraction of sp³-hybridized carbons (Fsp3) is 0.214. The number of rotatable bonds is 4. The highest BCUT2D eigenvalue weighted by Crippen LogP contribution is 2.29. The van der Waals surface area contributed by atoms with Crippen molar-refractivity contribution < 1.29 is 4.74 Å². The second kappa shape index (κ2) is 5.56. The number of aryl methyl sites for hydroxylation is 1. The summed E-state index contributed by atoms with van der Waals surface area (Å²) in [5.41, 5.74) is 2.62. The molecule has 18 heavy (non-hydrogen) atoms. The Bertz CT molecular complexity index is 584.